The predicted octanol–water partition coefficient (Wildman–Crippen LogP) is 13.8. The van der Waals surface area contributed by atoms with Gasteiger partial charge in [-0.2, -0.15) is 0 Å². The van der Waals surface area contributed by atoms with Gasteiger partial charge in [0, 0.05) is 29.5 Å². The van der Waals surface area contributed by atoms with Gasteiger partial charge in [0.05, 0.1) is 0 Å². The van der Waals surface area contributed by atoms with Crippen LogP contribution in [0, 0.1) is 34.6 Å². The molecular weight excluding hydrogens is 639 g/mol. The number of hydrogen-bond donors (Lipinski definition) is 0. The van der Waals surface area contributed by atoms with Crippen LogP contribution < -0.4 is 4.90 Å². The van der Waals surface area contributed by atoms with Gasteiger partial charge in [-0.15, -0.1) is 0 Å². The largest absolute Gasteiger partial charge is 0.344 e. The van der Waals surface area contributed by atoms with E-state index in [1.807, 2.05) is 0 Å². The summed E-state index contributed by atoms with van der Waals surface area (Å²) in [5.74, 6) is 0. The van der Waals surface area contributed by atoms with E-state index >= 15 is 0 Å². The number of aryl methyl sites for hydroxylation is 5. The van der Waals surface area contributed by atoms with Crippen molar-refractivity contribution < 1.29 is 0 Å². The topological polar surface area (TPSA) is 3.24 Å². The van der Waals surface area contributed by atoms with Gasteiger partial charge in [0.2, 0.25) is 0 Å². The summed E-state index contributed by atoms with van der Waals surface area (Å²) in [5, 5.41) is 0. The van der Waals surface area contributed by atoms with E-state index in [1.54, 1.807) is 0 Å². The lowest BCUT2D eigenvalue weighted by atomic mass is 9.90. The van der Waals surface area contributed by atoms with E-state index in [0.29, 0.717) is 0 Å². The first-order valence-electron chi connectivity index (χ1n) is 18.7. The van der Waals surface area contributed by atoms with Gasteiger partial charge in [-0.3, -0.25) is 0 Å². The molecule has 0 amide bonds. The molecular formula is C52H41N. The summed E-state index contributed by atoms with van der Waals surface area (Å²) in [4.78, 5) is 2.38. The highest BCUT2D eigenvalue weighted by Crippen LogP contribution is 2.51. The zero-order valence-electron chi connectivity index (χ0n) is 31.2. The third-order valence-corrected chi connectivity index (χ3v) is 11.6. The second-order valence-corrected chi connectivity index (χ2v) is 15.5. The Morgan fingerprint density at radius 2 is 0.604 bits per heavy atom. The number of benzene rings is 7. The Labute approximate surface area is 313 Å². The van der Waals surface area contributed by atoms with Gasteiger partial charge in [0.15, 0.2) is 0 Å². The van der Waals surface area contributed by atoms with Crippen LogP contribution >= 0.6 is 0 Å². The summed E-state index contributed by atoms with van der Waals surface area (Å²) in [5.41, 5.74) is 29.5. The van der Waals surface area contributed by atoms with Crippen LogP contribution in [-0.4, -0.2) is 7.05 Å². The van der Waals surface area contributed by atoms with Crippen molar-refractivity contribution in [2.75, 3.05) is 11.9 Å². The zero-order chi connectivity index (χ0) is 36.1. The Morgan fingerprint density at radius 3 is 0.962 bits per heavy atom. The Hall–Kier alpha value is -6.18. The molecule has 0 N–H and O–H groups in total. The lowest BCUT2D eigenvalue weighted by molar-refractivity contribution is 1.22. The van der Waals surface area contributed by atoms with Crippen LogP contribution in [-0.2, 0) is 0 Å². The molecule has 0 saturated heterocycles. The number of hydrogen-bond acceptors (Lipinski definition) is 1. The van der Waals surface area contributed by atoms with Gasteiger partial charge < -0.3 is 4.90 Å². The first-order valence-corrected chi connectivity index (χ1v) is 18.7. The Kier molecular flexibility index (Phi) is 6.94. The SMILES string of the molecule is Cc1ccc2c(c1)-c1cc(C)ccc1C2=Cc1ccc2c(c1)-c1ccc(C)cc1-c1cc(C=C3c4ccc(C)cc4-c4cc(C)ccc43)ccc1N2C. The molecule has 1 aliphatic heterocycles. The lowest BCUT2D eigenvalue weighted by Crippen LogP contribution is -2.10. The molecule has 0 atom stereocenters. The summed E-state index contributed by atoms with van der Waals surface area (Å²) < 4.78 is 0. The minimum absolute atomic E-state index is 1.21. The van der Waals surface area contributed by atoms with Crippen LogP contribution in [0.4, 0.5) is 11.4 Å². The van der Waals surface area contributed by atoms with Gasteiger partial charge in [0.1, 0.15) is 0 Å². The van der Waals surface area contributed by atoms with E-state index in [4.69, 9.17) is 0 Å². The van der Waals surface area contributed by atoms with E-state index in [0.717, 1.165) is 0 Å². The monoisotopic (exact) mass is 679 g/mol. The van der Waals surface area contributed by atoms with Crippen molar-refractivity contribution in [1.29, 1.82) is 0 Å². The highest BCUT2D eigenvalue weighted by Gasteiger charge is 2.27. The molecule has 0 fully saturated rings. The highest BCUT2D eigenvalue weighted by molar-refractivity contribution is 6.09. The Bertz CT molecular complexity index is 2680. The fourth-order valence-electron chi connectivity index (χ4n) is 8.95. The van der Waals surface area contributed by atoms with Gasteiger partial charge in [-0.25, -0.2) is 0 Å². The average molecular weight is 680 g/mol. The second kappa shape index (κ2) is 11.7. The Morgan fingerprint density at radius 1 is 0.302 bits per heavy atom. The minimum atomic E-state index is 1.21. The molecule has 1 heteroatoms. The molecule has 7 aromatic carbocycles. The van der Waals surface area contributed by atoms with E-state index in [-0.39, 0.29) is 0 Å². The highest BCUT2D eigenvalue weighted by atomic mass is 15.1. The molecule has 0 spiro atoms. The molecule has 0 saturated carbocycles. The van der Waals surface area contributed by atoms with Crippen LogP contribution in [0.5, 0.6) is 0 Å². The molecule has 1 heterocycles. The number of nitrogens with zero attached hydrogens (tertiary/aromatic N) is 1. The molecule has 10 rings (SSSR count). The summed E-state index contributed by atoms with van der Waals surface area (Å²) >= 11 is 0. The standard InChI is InChI=1S/C52H41N/c1-30-7-14-37-42(21-30)43-22-31(2)8-15-38(43)47(37)26-35-12-19-51-49(28-35)41-18-11-34(5)25-46(41)50-29-36(13-20-52(50)53(51)6)27-48-39-16-9-32(3)23-44(39)45-24-33(4)10-17-40(45)48/h7-29H,1-6H3. The maximum atomic E-state index is 2.41. The van der Waals surface area contributed by atoms with Crippen molar-refractivity contribution in [2.24, 2.45) is 0 Å². The predicted molar refractivity (Wildman–Crippen MR) is 227 cm³/mol. The van der Waals surface area contributed by atoms with Crippen molar-refractivity contribution in [1.82, 2.24) is 0 Å². The number of fused-ring (bicyclic) bond motifs is 11. The molecule has 53 heavy (non-hydrogen) atoms. The van der Waals surface area contributed by atoms with Gasteiger partial charge in [-0.05, 0) is 149 Å². The summed E-state index contributed by atoms with van der Waals surface area (Å²) in [6.07, 6.45) is 4.79. The van der Waals surface area contributed by atoms with E-state index in [9.17, 15) is 0 Å². The third kappa shape index (κ3) is 4.99. The molecule has 0 radical (unpaired) electrons. The van der Waals surface area contributed by atoms with Crippen molar-refractivity contribution in [3.8, 4) is 44.5 Å². The molecule has 0 unspecified atom stereocenters. The second-order valence-electron chi connectivity index (χ2n) is 15.5. The van der Waals surface area contributed by atoms with Crippen molar-refractivity contribution in [3.05, 3.63) is 189 Å². The van der Waals surface area contributed by atoms with Gasteiger partial charge in [0.25, 0.3) is 0 Å². The number of anilines is 2. The van der Waals surface area contributed by atoms with E-state index in [1.165, 1.54) is 128 Å². The third-order valence-electron chi connectivity index (χ3n) is 11.6. The summed E-state index contributed by atoms with van der Waals surface area (Å²) in [7, 11) is 2.22. The fourth-order valence-corrected chi connectivity index (χ4v) is 8.95. The molecule has 0 bridgehead atoms. The normalized spacial score (nSPS) is 13.0. The summed E-state index contributed by atoms with van der Waals surface area (Å²) in [6.45, 7) is 11.0. The maximum absolute atomic E-state index is 2.41. The Balaban J connectivity index is 1.12. The van der Waals surface area contributed by atoms with Crippen LogP contribution in [0.3, 0.4) is 0 Å². The first-order chi connectivity index (χ1) is 25.7. The average Bonchev–Trinajstić information content (AvgIpc) is 3.57. The van der Waals surface area contributed by atoms with Crippen molar-refractivity contribution in [2.45, 2.75) is 34.6 Å². The maximum Gasteiger partial charge on any atom is 0.0488 e. The fraction of sp³-hybridized carbons (Fsp3) is 0.115. The molecule has 7 aromatic rings. The van der Waals surface area contributed by atoms with Crippen LogP contribution in [0.1, 0.15) is 61.2 Å². The van der Waals surface area contributed by atoms with Crippen molar-refractivity contribution >= 4 is 34.7 Å². The zero-order valence-corrected chi connectivity index (χ0v) is 31.2. The van der Waals surface area contributed by atoms with Crippen LogP contribution in [0.15, 0.2) is 127 Å². The van der Waals surface area contributed by atoms with E-state index in [2.05, 4.69) is 186 Å². The van der Waals surface area contributed by atoms with Crippen molar-refractivity contribution in [3.63, 3.8) is 0 Å². The first kappa shape index (κ1) is 31.5. The van der Waals surface area contributed by atoms with Crippen LogP contribution in [0.25, 0.3) is 67.8 Å². The van der Waals surface area contributed by atoms with E-state index < -0.39 is 0 Å². The molecule has 0 aromatic heterocycles. The smallest absolute Gasteiger partial charge is 0.0488 e. The van der Waals surface area contributed by atoms with Gasteiger partial charge >= 0.3 is 0 Å². The lowest BCUT2D eigenvalue weighted by Gasteiger charge is -2.22. The van der Waals surface area contributed by atoms with Gasteiger partial charge in [-0.1, -0.05) is 131 Å². The summed E-state index contributed by atoms with van der Waals surface area (Å²) in [6, 6.07) is 48.5. The molecule has 254 valence electrons. The molecule has 1 nitrogen and oxygen atoms in total. The number of rotatable bonds is 2. The minimum Gasteiger partial charge on any atom is -0.344 e. The molecule has 2 aliphatic carbocycles. The molecule has 3 aliphatic rings. The quantitative estimate of drug-likeness (QED) is 0.176. The van der Waals surface area contributed by atoms with Crippen LogP contribution in [0.2, 0.25) is 0 Å².